The Kier molecular flexibility index (Phi) is 5.06. The van der Waals surface area contributed by atoms with Gasteiger partial charge in [0.1, 0.15) is 0 Å². The van der Waals surface area contributed by atoms with E-state index in [0.29, 0.717) is 12.1 Å². The molecule has 4 aliphatic heterocycles. The van der Waals surface area contributed by atoms with E-state index < -0.39 is 17.6 Å². The van der Waals surface area contributed by atoms with Gasteiger partial charge in [0, 0.05) is 0 Å². The molecule has 0 amide bonds. The van der Waals surface area contributed by atoms with Gasteiger partial charge in [0.15, 0.2) is 0 Å². The summed E-state index contributed by atoms with van der Waals surface area (Å²) in [5, 5.41) is 0. The fraction of sp³-hybridized carbons (Fsp3) is 0.257. The third kappa shape index (κ3) is 3.39. The van der Waals surface area contributed by atoms with E-state index in [1.807, 2.05) is 12.1 Å². The number of rotatable bonds is 0. The van der Waals surface area contributed by atoms with Gasteiger partial charge in [-0.3, -0.25) is 0 Å². The number of hydrogen-bond donors (Lipinski definition) is 0. The monoisotopic (exact) mass is 717 g/mol. The maximum absolute atomic E-state index is 6.40. The first-order chi connectivity index (χ1) is 20.1. The second kappa shape index (κ2) is 8.66. The van der Waals surface area contributed by atoms with E-state index in [1.54, 1.807) is 0 Å². The zero-order valence-electron chi connectivity index (χ0n) is 23.1. The van der Waals surface area contributed by atoms with E-state index in [0.717, 1.165) is 29.2 Å². The Hall–Kier alpha value is -3.69. The van der Waals surface area contributed by atoms with Crippen LogP contribution in [0.25, 0.3) is 0 Å². The Labute approximate surface area is 249 Å². The molecule has 9 rings (SSSR count). The van der Waals surface area contributed by atoms with Crippen LogP contribution < -0.4 is 24.3 Å². The fourth-order valence-corrected chi connectivity index (χ4v) is 11.5. The number of nitrogens with zero attached hydrogens (tertiary/aromatic N) is 4. The number of anilines is 4. The van der Waals surface area contributed by atoms with Gasteiger partial charge in [-0.1, -0.05) is 0 Å². The Morgan fingerprint density at radius 1 is 0.707 bits per heavy atom. The fourth-order valence-electron chi connectivity index (χ4n) is 7.29. The van der Waals surface area contributed by atoms with Gasteiger partial charge in [-0.2, -0.15) is 0 Å². The molecule has 208 valence electrons. The minimum absolute atomic E-state index is 0.338. The molecule has 1 fully saturated rings. The normalized spacial score (nSPS) is 23.2. The molecular weight excluding hydrogens is 687 g/mol. The summed E-state index contributed by atoms with van der Waals surface area (Å²) >= 11 is -0.589. The molecule has 6 bridgehead atoms. The molecule has 0 radical (unpaired) electrons. The summed E-state index contributed by atoms with van der Waals surface area (Å²) in [5.74, 6) is 1.46. The van der Waals surface area contributed by atoms with Crippen LogP contribution in [0.15, 0.2) is 84.9 Å². The van der Waals surface area contributed by atoms with Gasteiger partial charge < -0.3 is 0 Å². The Bertz CT molecular complexity index is 1810. The number of hydrogen-bond acceptors (Lipinski definition) is 5. The third-order valence-electron chi connectivity index (χ3n) is 9.17. The van der Waals surface area contributed by atoms with E-state index >= 15 is 0 Å². The predicted octanol–water partition coefficient (Wildman–Crippen LogP) is 6.67. The van der Waals surface area contributed by atoms with Gasteiger partial charge in [-0.05, 0) is 0 Å². The molecule has 2 unspecified atom stereocenters. The van der Waals surface area contributed by atoms with Gasteiger partial charge in [-0.15, -0.1) is 0 Å². The second-order valence-electron chi connectivity index (χ2n) is 11.9. The van der Waals surface area contributed by atoms with Crippen LogP contribution in [0.5, 0.6) is 11.5 Å². The molecule has 4 aromatic carbocycles. The van der Waals surface area contributed by atoms with Crippen LogP contribution in [0.3, 0.4) is 0 Å². The van der Waals surface area contributed by atoms with Crippen LogP contribution >= 0.6 is 0 Å². The first-order valence-electron chi connectivity index (χ1n) is 14.5. The summed E-state index contributed by atoms with van der Waals surface area (Å²) in [6, 6.07) is 38.8. The number of para-hydroxylation sites is 4. The molecule has 4 aromatic rings. The van der Waals surface area contributed by atoms with Crippen molar-refractivity contribution in [2.75, 3.05) is 19.6 Å². The van der Waals surface area contributed by atoms with Crippen molar-refractivity contribution in [2.24, 2.45) is 0 Å². The Morgan fingerprint density at radius 2 is 1.34 bits per heavy atom. The van der Waals surface area contributed by atoms with Crippen molar-refractivity contribution < 1.29 is 22.4 Å². The first-order valence-corrected chi connectivity index (χ1v) is 16.7. The van der Waals surface area contributed by atoms with Crippen LogP contribution in [-0.2, 0) is 29.7 Å². The summed E-state index contributed by atoms with van der Waals surface area (Å²) in [4.78, 5) is 10.7. The number of benzene rings is 4. The molecule has 5 nitrogen and oxygen atoms in total. The van der Waals surface area contributed by atoms with E-state index in [2.05, 4.69) is 118 Å². The van der Waals surface area contributed by atoms with Gasteiger partial charge in [-0.25, -0.2) is 0 Å². The van der Waals surface area contributed by atoms with Crippen LogP contribution in [0.4, 0.5) is 22.7 Å². The molecule has 0 spiro atoms. The SMILES string of the molecule is CC1(C)c2[c-]c(ccc2)Oc2[c-]c(ccc2)CN2[C]3=[Pt]=[C]4N(c5ccccc5N41)C1CCCC1N3c1ccccc12. The summed E-state index contributed by atoms with van der Waals surface area (Å²) in [7, 11) is 0. The first kappa shape index (κ1) is 24.0. The topological polar surface area (TPSA) is 22.2 Å². The molecule has 1 saturated carbocycles. The van der Waals surface area contributed by atoms with Crippen LogP contribution in [0.1, 0.15) is 44.2 Å². The van der Waals surface area contributed by atoms with Gasteiger partial charge in [0.05, 0.1) is 0 Å². The minimum atomic E-state index is -0.589. The molecule has 0 saturated heterocycles. The Morgan fingerprint density at radius 3 is 2.12 bits per heavy atom. The summed E-state index contributed by atoms with van der Waals surface area (Å²) in [6.45, 7) is 5.46. The van der Waals surface area contributed by atoms with Crippen molar-refractivity contribution in [3.8, 4) is 11.5 Å². The van der Waals surface area contributed by atoms with Crippen molar-refractivity contribution in [1.82, 2.24) is 0 Å². The zero-order valence-corrected chi connectivity index (χ0v) is 25.4. The van der Waals surface area contributed by atoms with Crippen molar-refractivity contribution >= 4 is 31.0 Å². The van der Waals surface area contributed by atoms with Gasteiger partial charge >= 0.3 is 250 Å². The summed E-state index contributed by atoms with van der Waals surface area (Å²) in [5.41, 5.74) is 7.24. The van der Waals surface area contributed by atoms with Crippen molar-refractivity contribution in [3.05, 3.63) is 108 Å². The summed E-state index contributed by atoms with van der Waals surface area (Å²) in [6.07, 6.45) is 3.66. The van der Waals surface area contributed by atoms with E-state index in [-0.39, 0.29) is 5.54 Å². The molecule has 41 heavy (non-hydrogen) atoms. The van der Waals surface area contributed by atoms with Crippen molar-refractivity contribution in [2.45, 2.75) is 57.3 Å². The molecule has 6 heteroatoms. The molecule has 0 aromatic heterocycles. The number of ether oxygens (including phenoxy) is 1. The standard InChI is InChI=1S/C35H30N4O.Pt/c1-35(2)26-11-8-13-28(21-26)40-27-12-7-10-25(20-27)22-36-23-37(30-15-4-3-14-29(30)36)31-18-9-19-32(31)38-24-39(35)34-17-6-5-16-33(34)38;/h3-8,10-17,31-32H,9,18-19,22H2,1-2H3;/q-2;. The number of fused-ring (bicyclic) bond motifs is 13. The van der Waals surface area contributed by atoms with Gasteiger partial charge in [0.2, 0.25) is 0 Å². The molecule has 4 heterocycles. The molecule has 2 atom stereocenters. The quantitative estimate of drug-likeness (QED) is 0.189. The van der Waals surface area contributed by atoms with Crippen LogP contribution in [0.2, 0.25) is 0 Å². The average Bonchev–Trinajstić information content (AvgIpc) is 3.64. The molecule has 1 aliphatic carbocycles. The van der Waals surface area contributed by atoms with Crippen LogP contribution in [-0.4, -0.2) is 20.4 Å². The van der Waals surface area contributed by atoms with Gasteiger partial charge in [0.25, 0.3) is 0 Å². The van der Waals surface area contributed by atoms with Crippen LogP contribution in [0, 0.1) is 12.1 Å². The average molecular weight is 718 g/mol. The third-order valence-corrected chi connectivity index (χ3v) is 12.4. The molecule has 0 N–H and O–H groups in total. The molecular formula is C35H30N4OPt-2. The Balaban J connectivity index is 1.38. The zero-order chi connectivity index (χ0) is 27.3. The molecule has 5 aliphatic rings. The van der Waals surface area contributed by atoms with Crippen molar-refractivity contribution in [1.29, 1.82) is 0 Å². The second-order valence-corrected chi connectivity index (χ2v) is 14.5. The van der Waals surface area contributed by atoms with E-state index in [4.69, 9.17) is 4.74 Å². The predicted molar refractivity (Wildman–Crippen MR) is 162 cm³/mol. The summed E-state index contributed by atoms with van der Waals surface area (Å²) < 4.78 is 9.34. The maximum atomic E-state index is 6.40. The van der Waals surface area contributed by atoms with Crippen molar-refractivity contribution in [3.63, 3.8) is 0 Å². The van der Waals surface area contributed by atoms with E-state index in [1.165, 1.54) is 50.3 Å². The van der Waals surface area contributed by atoms with E-state index in [9.17, 15) is 0 Å².